The van der Waals surface area contributed by atoms with Crippen LogP contribution in [0.4, 0.5) is 0 Å². The predicted molar refractivity (Wildman–Crippen MR) is 82.2 cm³/mol. The van der Waals surface area contributed by atoms with E-state index in [2.05, 4.69) is 12.2 Å². The second kappa shape index (κ2) is 6.71. The lowest BCUT2D eigenvalue weighted by Gasteiger charge is -2.29. The van der Waals surface area contributed by atoms with Gasteiger partial charge in [0.2, 0.25) is 0 Å². The molecule has 1 aromatic heterocycles. The van der Waals surface area contributed by atoms with Crippen LogP contribution in [0.5, 0.6) is 0 Å². The average molecular weight is 288 g/mol. The van der Waals surface area contributed by atoms with Gasteiger partial charge in [0.05, 0.1) is 0 Å². The number of carbonyl (C=O) groups is 1. The van der Waals surface area contributed by atoms with E-state index in [4.69, 9.17) is 0 Å². The van der Waals surface area contributed by atoms with Crippen LogP contribution in [0.25, 0.3) is 6.08 Å². The SMILES string of the molecule is Cc1ccsc1/C=C(\C#N)C(=O)N[C@H]1CCCC[C@@H]1C. The van der Waals surface area contributed by atoms with Gasteiger partial charge in [-0.2, -0.15) is 5.26 Å². The molecule has 0 spiro atoms. The smallest absolute Gasteiger partial charge is 0.262 e. The number of nitrogens with zero attached hydrogens (tertiary/aromatic N) is 1. The zero-order chi connectivity index (χ0) is 14.5. The molecule has 0 unspecified atom stereocenters. The molecule has 1 aliphatic rings. The maximum absolute atomic E-state index is 12.2. The lowest BCUT2D eigenvalue weighted by molar-refractivity contribution is -0.118. The van der Waals surface area contributed by atoms with Crippen molar-refractivity contribution in [1.82, 2.24) is 5.32 Å². The quantitative estimate of drug-likeness (QED) is 0.681. The van der Waals surface area contributed by atoms with Crippen LogP contribution in [0.15, 0.2) is 17.0 Å². The Kier molecular flexibility index (Phi) is 4.97. The van der Waals surface area contributed by atoms with Crippen molar-refractivity contribution < 1.29 is 4.79 Å². The molecule has 0 aliphatic heterocycles. The molecule has 1 N–H and O–H groups in total. The van der Waals surface area contributed by atoms with Crippen molar-refractivity contribution in [3.8, 4) is 6.07 Å². The summed E-state index contributed by atoms with van der Waals surface area (Å²) in [6, 6.07) is 4.23. The fourth-order valence-electron chi connectivity index (χ4n) is 2.59. The first-order valence-corrected chi connectivity index (χ1v) is 7.96. The molecule has 0 radical (unpaired) electrons. The van der Waals surface area contributed by atoms with E-state index in [0.717, 1.165) is 29.7 Å². The highest BCUT2D eigenvalue weighted by Crippen LogP contribution is 2.24. The van der Waals surface area contributed by atoms with E-state index in [0.29, 0.717) is 5.92 Å². The Morgan fingerprint density at radius 1 is 1.50 bits per heavy atom. The largest absolute Gasteiger partial charge is 0.348 e. The maximum Gasteiger partial charge on any atom is 0.262 e. The van der Waals surface area contributed by atoms with Crippen LogP contribution < -0.4 is 5.32 Å². The summed E-state index contributed by atoms with van der Waals surface area (Å²) in [4.78, 5) is 13.2. The second-order valence-electron chi connectivity index (χ2n) is 5.48. The summed E-state index contributed by atoms with van der Waals surface area (Å²) in [5.74, 6) is 0.259. The topological polar surface area (TPSA) is 52.9 Å². The molecule has 20 heavy (non-hydrogen) atoms. The monoisotopic (exact) mass is 288 g/mol. The van der Waals surface area contributed by atoms with Gasteiger partial charge in [0, 0.05) is 10.9 Å². The number of hydrogen-bond acceptors (Lipinski definition) is 3. The van der Waals surface area contributed by atoms with E-state index in [9.17, 15) is 10.1 Å². The molecule has 1 fully saturated rings. The van der Waals surface area contributed by atoms with E-state index in [1.807, 2.05) is 24.4 Å². The van der Waals surface area contributed by atoms with Gasteiger partial charge in [-0.15, -0.1) is 11.3 Å². The number of rotatable bonds is 3. The number of amides is 1. The third-order valence-electron chi connectivity index (χ3n) is 3.97. The second-order valence-corrected chi connectivity index (χ2v) is 6.43. The zero-order valence-corrected chi connectivity index (χ0v) is 12.8. The molecule has 106 valence electrons. The van der Waals surface area contributed by atoms with Crippen LogP contribution in [-0.2, 0) is 4.79 Å². The van der Waals surface area contributed by atoms with Crippen LogP contribution in [-0.4, -0.2) is 11.9 Å². The zero-order valence-electron chi connectivity index (χ0n) is 12.0. The highest BCUT2D eigenvalue weighted by Gasteiger charge is 2.24. The summed E-state index contributed by atoms with van der Waals surface area (Å²) in [5.41, 5.74) is 1.30. The van der Waals surface area contributed by atoms with Crippen LogP contribution in [0.1, 0.15) is 43.0 Å². The highest BCUT2D eigenvalue weighted by molar-refractivity contribution is 7.11. The van der Waals surface area contributed by atoms with Gasteiger partial charge in [-0.3, -0.25) is 4.79 Å². The number of thiophene rings is 1. The standard InChI is InChI=1S/C16H20N2OS/c1-11-5-3-4-6-14(11)18-16(19)13(10-17)9-15-12(2)7-8-20-15/h7-9,11,14H,3-6H2,1-2H3,(H,18,19)/b13-9+/t11-,14-/m0/s1. The van der Waals surface area contributed by atoms with E-state index in [-0.39, 0.29) is 17.5 Å². The van der Waals surface area contributed by atoms with Crippen molar-refractivity contribution in [1.29, 1.82) is 5.26 Å². The third kappa shape index (κ3) is 3.49. The molecule has 0 bridgehead atoms. The van der Waals surface area contributed by atoms with E-state index in [1.165, 1.54) is 6.42 Å². The summed E-state index contributed by atoms with van der Waals surface area (Å²) in [6.45, 7) is 4.15. The first kappa shape index (κ1) is 14.8. The maximum atomic E-state index is 12.2. The number of aryl methyl sites for hydroxylation is 1. The Hall–Kier alpha value is -1.60. The fourth-order valence-corrected chi connectivity index (χ4v) is 3.45. The van der Waals surface area contributed by atoms with Crippen LogP contribution in [0, 0.1) is 24.2 Å². The van der Waals surface area contributed by atoms with Gasteiger partial charge in [-0.1, -0.05) is 19.8 Å². The first-order chi connectivity index (χ1) is 9.61. The summed E-state index contributed by atoms with van der Waals surface area (Å²) in [7, 11) is 0. The Labute approximate surface area is 124 Å². The average Bonchev–Trinajstić information content (AvgIpc) is 2.84. The molecule has 2 atom stereocenters. The lowest BCUT2D eigenvalue weighted by Crippen LogP contribution is -2.41. The van der Waals surface area contributed by atoms with Crippen LogP contribution >= 0.6 is 11.3 Å². The minimum atomic E-state index is -0.237. The molecule has 0 aromatic carbocycles. The van der Waals surface area contributed by atoms with Crippen molar-refractivity contribution in [2.24, 2.45) is 5.92 Å². The molecule has 2 rings (SSSR count). The van der Waals surface area contributed by atoms with Gasteiger partial charge in [0.15, 0.2) is 0 Å². The minimum Gasteiger partial charge on any atom is -0.348 e. The van der Waals surface area contributed by atoms with Crippen molar-refractivity contribution in [2.45, 2.75) is 45.6 Å². The Bertz CT molecular complexity index is 553. The predicted octanol–water partition coefficient (Wildman–Crippen LogP) is 3.66. The number of hydrogen-bond donors (Lipinski definition) is 1. The molecular weight excluding hydrogens is 268 g/mol. The molecule has 1 amide bonds. The van der Waals surface area contributed by atoms with Crippen LogP contribution in [0.3, 0.4) is 0 Å². The number of nitrogens with one attached hydrogen (secondary N) is 1. The summed E-state index contributed by atoms with van der Waals surface area (Å²) >= 11 is 1.55. The van der Waals surface area contributed by atoms with Crippen molar-refractivity contribution >= 4 is 23.3 Å². The van der Waals surface area contributed by atoms with E-state index < -0.39 is 0 Å². The molecule has 0 saturated heterocycles. The molecule has 4 heteroatoms. The molecule has 3 nitrogen and oxygen atoms in total. The van der Waals surface area contributed by atoms with Crippen LogP contribution in [0.2, 0.25) is 0 Å². The first-order valence-electron chi connectivity index (χ1n) is 7.08. The number of carbonyl (C=O) groups excluding carboxylic acids is 1. The Balaban J connectivity index is 2.08. The van der Waals surface area contributed by atoms with Gasteiger partial charge < -0.3 is 5.32 Å². The van der Waals surface area contributed by atoms with Gasteiger partial charge in [-0.05, 0) is 48.8 Å². The lowest BCUT2D eigenvalue weighted by atomic mass is 9.86. The molecule has 1 aromatic rings. The third-order valence-corrected chi connectivity index (χ3v) is 4.94. The minimum absolute atomic E-state index is 0.202. The van der Waals surface area contributed by atoms with E-state index >= 15 is 0 Å². The van der Waals surface area contributed by atoms with Gasteiger partial charge in [0.25, 0.3) is 5.91 Å². The van der Waals surface area contributed by atoms with Gasteiger partial charge in [-0.25, -0.2) is 0 Å². The normalized spacial score (nSPS) is 23.1. The summed E-state index contributed by atoms with van der Waals surface area (Å²) in [6.07, 6.45) is 6.26. The molecular formula is C16H20N2OS. The summed E-state index contributed by atoms with van der Waals surface area (Å²) in [5, 5.41) is 14.2. The van der Waals surface area contributed by atoms with Crippen molar-refractivity contribution in [3.63, 3.8) is 0 Å². The Morgan fingerprint density at radius 3 is 2.85 bits per heavy atom. The van der Waals surface area contributed by atoms with Crippen molar-refractivity contribution in [2.75, 3.05) is 0 Å². The fraction of sp³-hybridized carbons (Fsp3) is 0.500. The molecule has 1 aliphatic carbocycles. The van der Waals surface area contributed by atoms with Gasteiger partial charge >= 0.3 is 0 Å². The van der Waals surface area contributed by atoms with Crippen molar-refractivity contribution in [3.05, 3.63) is 27.5 Å². The molecule has 1 saturated carbocycles. The Morgan fingerprint density at radius 2 is 2.25 bits per heavy atom. The molecule has 1 heterocycles. The number of nitriles is 1. The van der Waals surface area contributed by atoms with Gasteiger partial charge in [0.1, 0.15) is 11.6 Å². The van der Waals surface area contributed by atoms with E-state index in [1.54, 1.807) is 17.4 Å². The summed E-state index contributed by atoms with van der Waals surface area (Å²) < 4.78 is 0. The highest BCUT2D eigenvalue weighted by atomic mass is 32.1.